The Kier molecular flexibility index (Phi) is 2.40. The standard InChI is InChI=1S/C11H11ClN2O/c1-14(2)6-7-10-8(12)4-3-5-9(10)13-11(7)15/h3-6H,1-2H3,(H,13,15)/b7-6-. The molecule has 0 atom stereocenters. The fourth-order valence-electron chi connectivity index (χ4n) is 1.59. The predicted octanol–water partition coefficient (Wildman–Crippen LogP) is 2.19. The number of rotatable bonds is 1. The Morgan fingerprint density at radius 1 is 1.40 bits per heavy atom. The summed E-state index contributed by atoms with van der Waals surface area (Å²) < 4.78 is 0. The van der Waals surface area contributed by atoms with Crippen LogP contribution in [0.3, 0.4) is 0 Å². The summed E-state index contributed by atoms with van der Waals surface area (Å²) >= 11 is 6.06. The number of benzene rings is 1. The highest BCUT2D eigenvalue weighted by atomic mass is 35.5. The van der Waals surface area contributed by atoms with Crippen molar-refractivity contribution in [2.75, 3.05) is 19.4 Å². The molecule has 0 radical (unpaired) electrons. The van der Waals surface area contributed by atoms with Crippen molar-refractivity contribution < 1.29 is 4.79 Å². The van der Waals surface area contributed by atoms with Gasteiger partial charge in [-0.1, -0.05) is 17.7 Å². The first-order valence-corrected chi connectivity index (χ1v) is 4.96. The summed E-state index contributed by atoms with van der Waals surface area (Å²) in [7, 11) is 3.74. The summed E-state index contributed by atoms with van der Waals surface area (Å²) in [5, 5.41) is 3.37. The van der Waals surface area contributed by atoms with Crippen molar-refractivity contribution in [3.8, 4) is 0 Å². The van der Waals surface area contributed by atoms with E-state index in [9.17, 15) is 4.79 Å². The minimum absolute atomic E-state index is 0.105. The molecule has 0 aromatic heterocycles. The summed E-state index contributed by atoms with van der Waals surface area (Å²) in [4.78, 5) is 13.5. The normalized spacial score (nSPS) is 16.5. The van der Waals surface area contributed by atoms with Gasteiger partial charge in [-0.3, -0.25) is 4.79 Å². The zero-order valence-electron chi connectivity index (χ0n) is 8.54. The molecule has 3 nitrogen and oxygen atoms in total. The smallest absolute Gasteiger partial charge is 0.257 e. The number of amides is 1. The van der Waals surface area contributed by atoms with Crippen LogP contribution in [0.1, 0.15) is 5.56 Å². The number of nitrogens with zero attached hydrogens (tertiary/aromatic N) is 1. The number of hydrogen-bond acceptors (Lipinski definition) is 2. The van der Waals surface area contributed by atoms with Gasteiger partial charge in [0.05, 0.1) is 16.3 Å². The number of anilines is 1. The van der Waals surface area contributed by atoms with Crippen LogP contribution in [0.5, 0.6) is 0 Å². The molecule has 1 aromatic carbocycles. The van der Waals surface area contributed by atoms with Gasteiger partial charge in [0.15, 0.2) is 0 Å². The Hall–Kier alpha value is -1.48. The fraction of sp³-hybridized carbons (Fsp3) is 0.182. The third-order valence-corrected chi connectivity index (χ3v) is 2.48. The molecular formula is C11H11ClN2O. The van der Waals surface area contributed by atoms with E-state index in [2.05, 4.69) is 5.32 Å². The van der Waals surface area contributed by atoms with Gasteiger partial charge in [0.1, 0.15) is 0 Å². The zero-order chi connectivity index (χ0) is 11.0. The topological polar surface area (TPSA) is 32.3 Å². The van der Waals surface area contributed by atoms with Crippen LogP contribution in [-0.4, -0.2) is 24.9 Å². The maximum Gasteiger partial charge on any atom is 0.257 e. The highest BCUT2D eigenvalue weighted by Crippen LogP contribution is 2.36. The molecule has 1 aliphatic heterocycles. The molecule has 1 aromatic rings. The van der Waals surface area contributed by atoms with E-state index in [4.69, 9.17) is 11.6 Å². The van der Waals surface area contributed by atoms with Gasteiger partial charge in [-0.15, -0.1) is 0 Å². The van der Waals surface area contributed by atoms with Crippen LogP contribution < -0.4 is 5.32 Å². The molecule has 1 amide bonds. The average Bonchev–Trinajstić information content (AvgIpc) is 2.43. The van der Waals surface area contributed by atoms with Gasteiger partial charge in [0.25, 0.3) is 5.91 Å². The molecule has 1 N–H and O–H groups in total. The molecule has 0 aliphatic carbocycles. The van der Waals surface area contributed by atoms with Crippen LogP contribution in [0.2, 0.25) is 5.02 Å². The first kappa shape index (κ1) is 10.1. The van der Waals surface area contributed by atoms with Crippen LogP contribution in [0.15, 0.2) is 24.4 Å². The van der Waals surface area contributed by atoms with E-state index in [1.54, 1.807) is 12.3 Å². The quantitative estimate of drug-likeness (QED) is 0.739. The maximum absolute atomic E-state index is 11.7. The lowest BCUT2D eigenvalue weighted by molar-refractivity contribution is -0.110. The second kappa shape index (κ2) is 3.59. The minimum Gasteiger partial charge on any atom is -0.383 e. The lowest BCUT2D eigenvalue weighted by Crippen LogP contribution is -2.08. The number of fused-ring (bicyclic) bond motifs is 1. The van der Waals surface area contributed by atoms with Crippen molar-refractivity contribution in [2.45, 2.75) is 0 Å². The summed E-state index contributed by atoms with van der Waals surface area (Å²) in [6.45, 7) is 0. The van der Waals surface area contributed by atoms with Crippen molar-refractivity contribution in [2.24, 2.45) is 0 Å². The number of hydrogen-bond donors (Lipinski definition) is 1. The molecule has 0 bridgehead atoms. The van der Waals surface area contributed by atoms with E-state index in [1.807, 2.05) is 31.1 Å². The molecule has 0 saturated heterocycles. The minimum atomic E-state index is -0.105. The number of carbonyl (C=O) groups excluding carboxylic acids is 1. The summed E-state index contributed by atoms with van der Waals surface area (Å²) in [5.74, 6) is -0.105. The Labute approximate surface area is 93.3 Å². The van der Waals surface area contributed by atoms with Crippen LogP contribution in [-0.2, 0) is 4.79 Å². The molecule has 0 unspecified atom stereocenters. The van der Waals surface area contributed by atoms with E-state index in [-0.39, 0.29) is 5.91 Å². The lowest BCUT2D eigenvalue weighted by atomic mass is 10.1. The highest BCUT2D eigenvalue weighted by Gasteiger charge is 2.26. The van der Waals surface area contributed by atoms with Crippen LogP contribution in [0, 0.1) is 0 Å². The number of halogens is 1. The van der Waals surface area contributed by atoms with Crippen molar-refractivity contribution in [1.82, 2.24) is 4.90 Å². The molecule has 1 aliphatic rings. The average molecular weight is 223 g/mol. The Bertz CT molecular complexity index is 452. The first-order valence-electron chi connectivity index (χ1n) is 4.58. The van der Waals surface area contributed by atoms with Crippen LogP contribution in [0.25, 0.3) is 5.57 Å². The number of carbonyl (C=O) groups is 1. The Balaban J connectivity index is 2.58. The van der Waals surface area contributed by atoms with Crippen molar-refractivity contribution in [3.05, 3.63) is 35.0 Å². The predicted molar refractivity (Wildman–Crippen MR) is 61.7 cm³/mol. The largest absolute Gasteiger partial charge is 0.383 e. The van der Waals surface area contributed by atoms with Crippen molar-refractivity contribution in [1.29, 1.82) is 0 Å². The lowest BCUT2D eigenvalue weighted by Gasteiger charge is -2.06. The number of nitrogens with one attached hydrogen (secondary N) is 1. The molecule has 0 fully saturated rings. The fourth-order valence-corrected chi connectivity index (χ4v) is 1.86. The van der Waals surface area contributed by atoms with Crippen LogP contribution >= 0.6 is 11.6 Å². The summed E-state index contributed by atoms with van der Waals surface area (Å²) in [5.41, 5.74) is 2.18. The first-order chi connectivity index (χ1) is 7.09. The Morgan fingerprint density at radius 3 is 2.80 bits per heavy atom. The molecule has 2 rings (SSSR count). The molecule has 0 saturated carbocycles. The van der Waals surface area contributed by atoms with Gasteiger partial charge in [0, 0.05) is 25.9 Å². The van der Waals surface area contributed by atoms with Gasteiger partial charge < -0.3 is 10.2 Å². The van der Waals surface area contributed by atoms with E-state index in [0.717, 1.165) is 11.3 Å². The van der Waals surface area contributed by atoms with Gasteiger partial charge in [-0.25, -0.2) is 0 Å². The van der Waals surface area contributed by atoms with E-state index in [0.29, 0.717) is 10.6 Å². The molecule has 15 heavy (non-hydrogen) atoms. The van der Waals surface area contributed by atoms with E-state index >= 15 is 0 Å². The van der Waals surface area contributed by atoms with Crippen molar-refractivity contribution >= 4 is 28.8 Å². The van der Waals surface area contributed by atoms with Gasteiger partial charge in [-0.05, 0) is 12.1 Å². The summed E-state index contributed by atoms with van der Waals surface area (Å²) in [6.07, 6.45) is 1.77. The van der Waals surface area contributed by atoms with Crippen molar-refractivity contribution in [3.63, 3.8) is 0 Å². The molecule has 0 spiro atoms. The third-order valence-electron chi connectivity index (χ3n) is 2.16. The third kappa shape index (κ3) is 1.70. The van der Waals surface area contributed by atoms with Gasteiger partial charge in [0.2, 0.25) is 0 Å². The second-order valence-electron chi connectivity index (χ2n) is 3.62. The molecule has 1 heterocycles. The monoisotopic (exact) mass is 222 g/mol. The maximum atomic E-state index is 11.7. The van der Waals surface area contributed by atoms with E-state index < -0.39 is 0 Å². The van der Waals surface area contributed by atoms with Gasteiger partial charge in [-0.2, -0.15) is 0 Å². The molecule has 78 valence electrons. The van der Waals surface area contributed by atoms with E-state index in [1.165, 1.54) is 0 Å². The highest BCUT2D eigenvalue weighted by molar-refractivity contribution is 6.39. The van der Waals surface area contributed by atoms with Gasteiger partial charge >= 0.3 is 0 Å². The molecule has 4 heteroatoms. The second-order valence-corrected chi connectivity index (χ2v) is 4.03. The van der Waals surface area contributed by atoms with Crippen LogP contribution in [0.4, 0.5) is 5.69 Å². The molecular weight excluding hydrogens is 212 g/mol. The summed E-state index contributed by atoms with van der Waals surface area (Å²) in [6, 6.07) is 5.44. The zero-order valence-corrected chi connectivity index (χ0v) is 9.30. The Morgan fingerprint density at radius 2 is 2.13 bits per heavy atom. The SMILES string of the molecule is CN(C)/C=C1\C(=O)Nc2cccc(Cl)c21.